The highest BCUT2D eigenvalue weighted by molar-refractivity contribution is 14.1. The maximum atomic E-state index is 12.1. The molecule has 0 radical (unpaired) electrons. The number of hydrogen-bond acceptors (Lipinski definition) is 2. The summed E-state index contributed by atoms with van der Waals surface area (Å²) in [6, 6.07) is 3.94. The third-order valence-corrected chi connectivity index (χ3v) is 6.51. The van der Waals surface area contributed by atoms with E-state index in [4.69, 9.17) is 5.11 Å². The van der Waals surface area contributed by atoms with Gasteiger partial charge in [-0.1, -0.05) is 12.8 Å². The predicted octanol–water partition coefficient (Wildman–Crippen LogP) is 4.27. The van der Waals surface area contributed by atoms with Crippen LogP contribution in [0.3, 0.4) is 0 Å². The lowest BCUT2D eigenvalue weighted by Gasteiger charge is -2.09. The number of rotatable bonds is 8. The molecule has 0 aliphatic heterocycles. The van der Waals surface area contributed by atoms with E-state index < -0.39 is 5.97 Å². The van der Waals surface area contributed by atoms with E-state index in [0.29, 0.717) is 13.0 Å². The zero-order valence-corrected chi connectivity index (χ0v) is 17.8. The molecule has 1 aromatic rings. The molecule has 116 valence electrons. The van der Waals surface area contributed by atoms with Crippen molar-refractivity contribution in [2.45, 2.75) is 32.1 Å². The number of halogens is 3. The van der Waals surface area contributed by atoms with Crippen LogP contribution in [0.1, 0.15) is 42.5 Å². The first-order valence-corrected chi connectivity index (χ1v) is 9.80. The van der Waals surface area contributed by atoms with E-state index in [1.165, 1.54) is 0 Å². The fourth-order valence-corrected chi connectivity index (χ4v) is 4.17. The third kappa shape index (κ3) is 7.44. The smallest absolute Gasteiger partial charge is 0.303 e. The topological polar surface area (TPSA) is 66.4 Å². The van der Waals surface area contributed by atoms with Gasteiger partial charge in [-0.15, -0.1) is 0 Å². The van der Waals surface area contributed by atoms with Gasteiger partial charge in [0, 0.05) is 23.7 Å². The Labute approximate surface area is 165 Å². The number of benzene rings is 1. The van der Waals surface area contributed by atoms with Gasteiger partial charge >= 0.3 is 5.97 Å². The van der Waals surface area contributed by atoms with Crippen LogP contribution in [0.2, 0.25) is 0 Å². The van der Waals surface area contributed by atoms with Crippen LogP contribution in [0, 0.1) is 10.7 Å². The summed E-state index contributed by atoms with van der Waals surface area (Å²) in [4.78, 5) is 22.5. The molecule has 0 saturated carbocycles. The molecule has 0 fully saturated rings. The molecule has 0 heterocycles. The van der Waals surface area contributed by atoms with E-state index in [2.05, 4.69) is 73.1 Å². The average molecular weight is 627 g/mol. The average Bonchev–Trinajstić information content (AvgIpc) is 2.41. The Kier molecular flexibility index (Phi) is 9.41. The van der Waals surface area contributed by atoms with Crippen molar-refractivity contribution in [3.8, 4) is 0 Å². The second kappa shape index (κ2) is 10.2. The van der Waals surface area contributed by atoms with Crippen LogP contribution in [0.15, 0.2) is 12.1 Å². The van der Waals surface area contributed by atoms with Crippen LogP contribution in [0.25, 0.3) is 0 Å². The third-order valence-electron chi connectivity index (χ3n) is 2.84. The van der Waals surface area contributed by atoms with Crippen LogP contribution >= 0.6 is 67.8 Å². The monoisotopic (exact) mass is 627 g/mol. The molecule has 0 unspecified atom stereocenters. The number of amides is 1. The number of nitrogens with one attached hydrogen (secondary N) is 1. The number of carboxylic acids is 1. The molecule has 1 rings (SSSR count). The van der Waals surface area contributed by atoms with Crippen LogP contribution in [-0.2, 0) is 4.79 Å². The summed E-state index contributed by atoms with van der Waals surface area (Å²) in [5.74, 6) is -0.785. The summed E-state index contributed by atoms with van der Waals surface area (Å²) in [6.07, 6.45) is 3.64. The minimum Gasteiger partial charge on any atom is -0.481 e. The van der Waals surface area contributed by atoms with Gasteiger partial charge in [-0.3, -0.25) is 9.59 Å². The zero-order chi connectivity index (χ0) is 15.8. The molecule has 0 aromatic heterocycles. The van der Waals surface area contributed by atoms with Crippen molar-refractivity contribution >= 4 is 79.6 Å². The van der Waals surface area contributed by atoms with Gasteiger partial charge in [0.25, 0.3) is 5.91 Å². The van der Waals surface area contributed by atoms with Gasteiger partial charge in [0.1, 0.15) is 0 Å². The van der Waals surface area contributed by atoms with Crippen molar-refractivity contribution in [3.63, 3.8) is 0 Å². The van der Waals surface area contributed by atoms with Gasteiger partial charge in [0.15, 0.2) is 0 Å². The SMILES string of the molecule is O=C(O)CCCCCCNC(=O)c1cc(I)cc(I)c1I. The fraction of sp³-hybridized carbons (Fsp3) is 0.429. The molecule has 0 saturated heterocycles. The Morgan fingerprint density at radius 1 is 1.05 bits per heavy atom. The number of carbonyl (C=O) groups is 2. The van der Waals surface area contributed by atoms with E-state index in [9.17, 15) is 9.59 Å². The Balaban J connectivity index is 2.33. The van der Waals surface area contributed by atoms with Crippen LogP contribution in [0.5, 0.6) is 0 Å². The molecule has 2 N–H and O–H groups in total. The highest BCUT2D eigenvalue weighted by Gasteiger charge is 2.13. The van der Waals surface area contributed by atoms with Gasteiger partial charge < -0.3 is 10.4 Å². The van der Waals surface area contributed by atoms with Gasteiger partial charge in [-0.25, -0.2) is 0 Å². The summed E-state index contributed by atoms with van der Waals surface area (Å²) >= 11 is 6.64. The highest BCUT2D eigenvalue weighted by Crippen LogP contribution is 2.22. The molecule has 0 aliphatic carbocycles. The molecule has 1 amide bonds. The van der Waals surface area contributed by atoms with E-state index in [0.717, 1.165) is 35.5 Å². The maximum absolute atomic E-state index is 12.1. The minimum atomic E-state index is -0.744. The standard InChI is InChI=1S/C14H16I3NO3/c15-9-7-10(13(17)11(16)8-9)14(21)18-6-4-2-1-3-5-12(19)20/h7-8H,1-6H2,(H,18,21)(H,19,20). The molecule has 0 atom stereocenters. The van der Waals surface area contributed by atoms with E-state index >= 15 is 0 Å². The quantitative estimate of drug-likeness (QED) is 0.258. The summed E-state index contributed by atoms with van der Waals surface area (Å²) in [5, 5.41) is 11.5. The van der Waals surface area contributed by atoms with Crippen molar-refractivity contribution in [1.29, 1.82) is 0 Å². The number of carboxylic acid groups (broad SMARTS) is 1. The second-order valence-electron chi connectivity index (χ2n) is 4.56. The van der Waals surface area contributed by atoms with Gasteiger partial charge in [-0.05, 0) is 92.7 Å². The zero-order valence-electron chi connectivity index (χ0n) is 11.3. The van der Waals surface area contributed by atoms with E-state index in [-0.39, 0.29) is 12.3 Å². The first kappa shape index (κ1) is 19.4. The van der Waals surface area contributed by atoms with Crippen molar-refractivity contribution in [2.75, 3.05) is 6.54 Å². The lowest BCUT2D eigenvalue weighted by molar-refractivity contribution is -0.137. The summed E-state index contributed by atoms with van der Waals surface area (Å²) < 4.78 is 3.11. The van der Waals surface area contributed by atoms with Crippen LogP contribution in [-0.4, -0.2) is 23.5 Å². The maximum Gasteiger partial charge on any atom is 0.303 e. The van der Waals surface area contributed by atoms with Gasteiger partial charge in [-0.2, -0.15) is 0 Å². The number of unbranched alkanes of at least 4 members (excludes halogenated alkanes) is 3. The molecule has 4 nitrogen and oxygen atoms in total. The molecular weight excluding hydrogens is 611 g/mol. The summed E-state index contributed by atoms with van der Waals surface area (Å²) in [5.41, 5.74) is 0.720. The van der Waals surface area contributed by atoms with E-state index in [1.54, 1.807) is 0 Å². The molecule has 1 aromatic carbocycles. The highest BCUT2D eigenvalue weighted by atomic mass is 127. The van der Waals surface area contributed by atoms with Gasteiger partial charge in [0.05, 0.1) is 5.56 Å². The predicted molar refractivity (Wildman–Crippen MR) is 108 cm³/mol. The Hall–Kier alpha value is 0.350. The second-order valence-corrected chi connectivity index (χ2v) is 8.05. The normalized spacial score (nSPS) is 10.4. The summed E-state index contributed by atoms with van der Waals surface area (Å²) in [6.45, 7) is 0.629. The molecule has 0 spiro atoms. The first-order chi connectivity index (χ1) is 9.91. The number of aliphatic carboxylic acids is 1. The van der Waals surface area contributed by atoms with Crippen molar-refractivity contribution in [3.05, 3.63) is 28.4 Å². The summed E-state index contributed by atoms with van der Waals surface area (Å²) in [7, 11) is 0. The largest absolute Gasteiger partial charge is 0.481 e. The first-order valence-electron chi connectivity index (χ1n) is 6.56. The van der Waals surface area contributed by atoms with E-state index in [1.807, 2.05) is 12.1 Å². The Bertz CT molecular complexity index is 520. The van der Waals surface area contributed by atoms with Crippen molar-refractivity contribution < 1.29 is 14.7 Å². The number of hydrogen-bond donors (Lipinski definition) is 2. The lowest BCUT2D eigenvalue weighted by atomic mass is 10.1. The molecule has 21 heavy (non-hydrogen) atoms. The Morgan fingerprint density at radius 3 is 2.38 bits per heavy atom. The fourth-order valence-electron chi connectivity index (χ4n) is 1.77. The Morgan fingerprint density at radius 2 is 1.71 bits per heavy atom. The molecule has 0 bridgehead atoms. The van der Waals surface area contributed by atoms with Crippen molar-refractivity contribution in [1.82, 2.24) is 5.32 Å². The minimum absolute atomic E-state index is 0.0404. The number of carbonyl (C=O) groups excluding carboxylic acids is 1. The van der Waals surface area contributed by atoms with Crippen molar-refractivity contribution in [2.24, 2.45) is 0 Å². The molecule has 7 heteroatoms. The van der Waals surface area contributed by atoms with Crippen LogP contribution in [0.4, 0.5) is 0 Å². The molecular formula is C14H16I3NO3. The van der Waals surface area contributed by atoms with Gasteiger partial charge in [0.2, 0.25) is 0 Å². The molecule has 0 aliphatic rings. The van der Waals surface area contributed by atoms with Crippen LogP contribution < -0.4 is 5.32 Å². The lowest BCUT2D eigenvalue weighted by Crippen LogP contribution is -2.25.